The Labute approximate surface area is 182 Å². The Morgan fingerprint density at radius 2 is 1.66 bits per heavy atom. The summed E-state index contributed by atoms with van der Waals surface area (Å²) in [6, 6.07) is 7.67. The molecule has 0 aliphatic heterocycles. The Kier molecular flexibility index (Phi) is 6.13. The highest BCUT2D eigenvalue weighted by Gasteiger charge is 2.35. The topological polar surface area (TPSA) is 79.5 Å². The summed E-state index contributed by atoms with van der Waals surface area (Å²) in [6.07, 6.45) is -4.97. The first kappa shape index (κ1) is 23.1. The second-order valence-electron chi connectivity index (χ2n) is 6.42. The van der Waals surface area contributed by atoms with Crippen LogP contribution in [0, 0.1) is 5.82 Å². The third-order valence-corrected chi connectivity index (χ3v) is 4.47. The van der Waals surface area contributed by atoms with Gasteiger partial charge in [-0.1, -0.05) is 23.7 Å². The van der Waals surface area contributed by atoms with Crippen molar-refractivity contribution in [2.45, 2.75) is 13.1 Å². The smallest absolute Gasteiger partial charge is 0.431 e. The monoisotopic (exact) mass is 472 g/mol. The van der Waals surface area contributed by atoms with Crippen LogP contribution < -0.4 is 20.7 Å². The molecule has 0 bridgehead atoms. The highest BCUT2D eigenvalue weighted by atomic mass is 35.5. The Morgan fingerprint density at radius 1 is 1.03 bits per heavy atom. The molecule has 0 saturated carbocycles. The van der Waals surface area contributed by atoms with Crippen molar-refractivity contribution in [2.75, 3.05) is 0 Å². The molecule has 2 aromatic carbocycles. The number of hydrogen-bond donors (Lipinski definition) is 0. The van der Waals surface area contributed by atoms with E-state index in [-0.39, 0.29) is 37.5 Å². The van der Waals surface area contributed by atoms with Crippen molar-refractivity contribution in [3.05, 3.63) is 79.8 Å². The average Bonchev–Trinajstić information content (AvgIpc) is 2.68. The Bertz CT molecular complexity index is 1330. The predicted octanol–water partition coefficient (Wildman–Crippen LogP) is 4.07. The van der Waals surface area contributed by atoms with Gasteiger partial charge in [0.1, 0.15) is 17.3 Å². The van der Waals surface area contributed by atoms with E-state index in [9.17, 15) is 31.9 Å². The molecule has 1 heterocycles. The normalized spacial score (nSPS) is 11.3. The van der Waals surface area contributed by atoms with Crippen LogP contribution in [0.15, 0.2) is 52.1 Å². The Morgan fingerprint density at radius 3 is 2.25 bits per heavy atom. The number of esters is 1. The van der Waals surface area contributed by atoms with Gasteiger partial charge in [0.15, 0.2) is 11.5 Å². The van der Waals surface area contributed by atoms with Crippen LogP contribution in [-0.4, -0.2) is 15.1 Å². The van der Waals surface area contributed by atoms with Crippen LogP contribution in [0.1, 0.15) is 12.6 Å². The minimum atomic E-state index is -4.97. The van der Waals surface area contributed by atoms with E-state index < -0.39 is 40.6 Å². The molecule has 12 heteroatoms. The van der Waals surface area contributed by atoms with E-state index in [4.69, 9.17) is 21.1 Å². The number of ether oxygens (including phenoxy) is 2. The summed E-state index contributed by atoms with van der Waals surface area (Å²) in [5, 5.41) is -0.277. The van der Waals surface area contributed by atoms with Gasteiger partial charge in [0.05, 0.1) is 10.7 Å². The summed E-state index contributed by atoms with van der Waals surface area (Å²) in [7, 11) is 0.793. The number of nitrogens with zero attached hydrogens (tertiary/aromatic N) is 2. The first-order chi connectivity index (χ1) is 14.9. The fourth-order valence-corrected chi connectivity index (χ4v) is 2.97. The SMILES string of the molecule is CC(=O)Oc1ccccc1Oc1cc(-n2c(=O)cc(C(F)(F)F)n(C)c2=O)c(F)cc1Cl. The highest BCUT2D eigenvalue weighted by molar-refractivity contribution is 6.32. The number of carbonyl (C=O) groups is 1. The minimum absolute atomic E-state index is 0.00422. The number of para-hydroxylation sites is 2. The van der Waals surface area contributed by atoms with Gasteiger partial charge in [-0.2, -0.15) is 13.2 Å². The molecule has 168 valence electrons. The van der Waals surface area contributed by atoms with E-state index in [1.54, 1.807) is 6.07 Å². The number of rotatable bonds is 4. The van der Waals surface area contributed by atoms with Gasteiger partial charge in [0.2, 0.25) is 0 Å². The van der Waals surface area contributed by atoms with E-state index in [0.717, 1.165) is 26.1 Å². The standard InChI is InChI=1S/C20H13ClF4N2O5/c1-10(28)31-14-5-3-4-6-15(14)32-16-8-13(12(22)7-11(16)21)27-18(29)9-17(20(23,24)25)26(2)19(27)30/h3-9H,1-2H3. The quantitative estimate of drug-likeness (QED) is 0.325. The third kappa shape index (κ3) is 4.52. The molecular weight excluding hydrogens is 460 g/mol. The lowest BCUT2D eigenvalue weighted by atomic mass is 10.2. The number of carbonyl (C=O) groups excluding carboxylic acids is 1. The van der Waals surface area contributed by atoms with Gasteiger partial charge in [0, 0.05) is 26.1 Å². The summed E-state index contributed by atoms with van der Waals surface area (Å²) >= 11 is 6.00. The maximum atomic E-state index is 14.6. The van der Waals surface area contributed by atoms with Crippen LogP contribution in [0.4, 0.5) is 17.6 Å². The van der Waals surface area contributed by atoms with Crippen molar-refractivity contribution in [2.24, 2.45) is 7.05 Å². The minimum Gasteiger partial charge on any atom is -0.452 e. The Hall–Kier alpha value is -3.60. The maximum Gasteiger partial charge on any atom is 0.431 e. The van der Waals surface area contributed by atoms with Crippen LogP contribution in [0.3, 0.4) is 0 Å². The molecule has 0 radical (unpaired) electrons. The average molecular weight is 473 g/mol. The van der Waals surface area contributed by atoms with Gasteiger partial charge in [-0.25, -0.2) is 13.8 Å². The molecule has 32 heavy (non-hydrogen) atoms. The number of halogens is 5. The summed E-state index contributed by atoms with van der Waals surface area (Å²) in [5.41, 5.74) is -5.02. The lowest BCUT2D eigenvalue weighted by Crippen LogP contribution is -2.41. The number of benzene rings is 2. The molecule has 0 fully saturated rings. The van der Waals surface area contributed by atoms with Crippen LogP contribution in [0.5, 0.6) is 17.2 Å². The van der Waals surface area contributed by atoms with Crippen LogP contribution >= 0.6 is 11.6 Å². The number of alkyl halides is 3. The molecule has 0 unspecified atom stereocenters. The molecule has 3 aromatic rings. The van der Waals surface area contributed by atoms with Crippen LogP contribution in [0.2, 0.25) is 5.02 Å². The molecule has 0 amide bonds. The van der Waals surface area contributed by atoms with Crippen molar-refractivity contribution < 1.29 is 31.8 Å². The lowest BCUT2D eigenvalue weighted by molar-refractivity contribution is -0.144. The van der Waals surface area contributed by atoms with Gasteiger partial charge in [-0.3, -0.25) is 14.2 Å². The first-order valence-electron chi connectivity index (χ1n) is 8.75. The van der Waals surface area contributed by atoms with Crippen molar-refractivity contribution in [1.29, 1.82) is 0 Å². The van der Waals surface area contributed by atoms with Gasteiger partial charge in [-0.05, 0) is 18.2 Å². The second-order valence-corrected chi connectivity index (χ2v) is 6.83. The summed E-state index contributed by atoms with van der Waals surface area (Å²) < 4.78 is 64.7. The third-order valence-electron chi connectivity index (χ3n) is 4.18. The van der Waals surface area contributed by atoms with Gasteiger partial charge < -0.3 is 9.47 Å². The van der Waals surface area contributed by atoms with E-state index in [1.165, 1.54) is 18.2 Å². The summed E-state index contributed by atoms with van der Waals surface area (Å²) in [4.78, 5) is 36.0. The van der Waals surface area contributed by atoms with Crippen molar-refractivity contribution >= 4 is 17.6 Å². The van der Waals surface area contributed by atoms with Gasteiger partial charge in [-0.15, -0.1) is 0 Å². The van der Waals surface area contributed by atoms with Gasteiger partial charge >= 0.3 is 17.8 Å². The summed E-state index contributed by atoms with van der Waals surface area (Å²) in [6.45, 7) is 1.16. The molecule has 1 aromatic heterocycles. The zero-order chi connectivity index (χ0) is 23.8. The van der Waals surface area contributed by atoms with Crippen molar-refractivity contribution in [1.82, 2.24) is 9.13 Å². The fourth-order valence-electron chi connectivity index (χ4n) is 2.78. The molecule has 0 atom stereocenters. The van der Waals surface area contributed by atoms with E-state index in [1.807, 2.05) is 0 Å². The molecule has 0 aliphatic carbocycles. The molecule has 0 N–H and O–H groups in total. The maximum absolute atomic E-state index is 14.6. The van der Waals surface area contributed by atoms with Crippen LogP contribution in [0.25, 0.3) is 5.69 Å². The fraction of sp³-hybridized carbons (Fsp3) is 0.150. The number of aromatic nitrogens is 2. The second kappa shape index (κ2) is 8.50. The van der Waals surface area contributed by atoms with Crippen molar-refractivity contribution in [3.8, 4) is 22.9 Å². The van der Waals surface area contributed by atoms with E-state index >= 15 is 0 Å². The van der Waals surface area contributed by atoms with E-state index in [2.05, 4.69) is 0 Å². The first-order valence-corrected chi connectivity index (χ1v) is 9.13. The molecular formula is C20H13ClF4N2O5. The predicted molar refractivity (Wildman–Crippen MR) is 105 cm³/mol. The highest BCUT2D eigenvalue weighted by Crippen LogP contribution is 2.37. The largest absolute Gasteiger partial charge is 0.452 e. The lowest BCUT2D eigenvalue weighted by Gasteiger charge is -2.16. The van der Waals surface area contributed by atoms with E-state index in [0.29, 0.717) is 0 Å². The number of hydrogen-bond acceptors (Lipinski definition) is 5. The molecule has 0 saturated heterocycles. The molecule has 7 nitrogen and oxygen atoms in total. The van der Waals surface area contributed by atoms with Gasteiger partial charge in [0.25, 0.3) is 5.56 Å². The van der Waals surface area contributed by atoms with Crippen molar-refractivity contribution in [3.63, 3.8) is 0 Å². The Balaban J connectivity index is 2.16. The summed E-state index contributed by atoms with van der Waals surface area (Å²) in [5.74, 6) is -2.06. The molecule has 0 aliphatic rings. The molecule has 0 spiro atoms. The zero-order valence-corrected chi connectivity index (χ0v) is 17.1. The van der Waals surface area contributed by atoms with Crippen LogP contribution in [-0.2, 0) is 18.0 Å². The molecule has 3 rings (SSSR count). The zero-order valence-electron chi connectivity index (χ0n) is 16.4.